The maximum absolute atomic E-state index is 13.6. The first-order valence-corrected chi connectivity index (χ1v) is 5.29. The Hall–Kier alpha value is -0.970. The Labute approximate surface area is 90.5 Å². The molecule has 0 aromatic carbocycles. The number of aliphatic carboxylic acids is 1. The molecule has 5 heteroatoms. The van der Waals surface area contributed by atoms with Crippen LogP contribution in [0, 0.1) is 5.41 Å². The summed E-state index contributed by atoms with van der Waals surface area (Å²) in [5.41, 5.74) is -1.42. The van der Waals surface area contributed by atoms with E-state index in [1.54, 1.807) is 5.38 Å². The second-order valence-electron chi connectivity index (χ2n) is 4.05. The van der Waals surface area contributed by atoms with Crippen molar-refractivity contribution in [1.29, 1.82) is 0 Å². The van der Waals surface area contributed by atoms with Gasteiger partial charge in [0.05, 0.1) is 10.3 Å². The molecule has 0 amide bonds. The second kappa shape index (κ2) is 3.89. The Morgan fingerprint density at radius 1 is 1.53 bits per heavy atom. The Morgan fingerprint density at radius 2 is 2.13 bits per heavy atom. The molecule has 2 nitrogen and oxygen atoms in total. The van der Waals surface area contributed by atoms with E-state index in [4.69, 9.17) is 5.11 Å². The fourth-order valence-electron chi connectivity index (χ4n) is 1.20. The largest absolute Gasteiger partial charge is 0.481 e. The molecule has 0 aliphatic rings. The van der Waals surface area contributed by atoms with Gasteiger partial charge in [0, 0.05) is 6.42 Å². The zero-order valence-electron chi connectivity index (χ0n) is 8.46. The molecule has 0 saturated heterocycles. The minimum Gasteiger partial charge on any atom is -0.481 e. The average molecular weight is 234 g/mol. The Kier molecular flexibility index (Phi) is 3.13. The molecular formula is C10H12F2O2S. The molecule has 15 heavy (non-hydrogen) atoms. The molecule has 0 unspecified atom stereocenters. The van der Waals surface area contributed by atoms with Crippen LogP contribution in [0.15, 0.2) is 17.5 Å². The predicted octanol–water partition coefficient (Wildman–Crippen LogP) is 3.34. The molecule has 0 bridgehead atoms. The molecular weight excluding hydrogens is 222 g/mol. The lowest BCUT2D eigenvalue weighted by Gasteiger charge is -2.24. The third-order valence-corrected chi connectivity index (χ3v) is 3.11. The molecule has 0 spiro atoms. The Morgan fingerprint density at radius 3 is 2.53 bits per heavy atom. The van der Waals surface area contributed by atoms with Gasteiger partial charge in [-0.1, -0.05) is 6.07 Å². The van der Waals surface area contributed by atoms with Crippen molar-refractivity contribution in [2.45, 2.75) is 26.2 Å². The van der Waals surface area contributed by atoms with E-state index >= 15 is 0 Å². The zero-order chi connectivity index (χ0) is 11.7. The van der Waals surface area contributed by atoms with Gasteiger partial charge in [-0.3, -0.25) is 4.79 Å². The summed E-state index contributed by atoms with van der Waals surface area (Å²) < 4.78 is 27.2. The van der Waals surface area contributed by atoms with Crippen LogP contribution < -0.4 is 0 Å². The maximum atomic E-state index is 13.6. The molecule has 1 rings (SSSR count). The van der Waals surface area contributed by atoms with E-state index in [2.05, 4.69) is 0 Å². The summed E-state index contributed by atoms with van der Waals surface area (Å²) >= 11 is 0.939. The van der Waals surface area contributed by atoms with Crippen molar-refractivity contribution in [1.82, 2.24) is 0 Å². The first-order chi connectivity index (χ1) is 6.76. The summed E-state index contributed by atoms with van der Waals surface area (Å²) in [6, 6.07) is 2.85. The van der Waals surface area contributed by atoms with E-state index in [0.717, 1.165) is 11.3 Å². The number of carboxylic acid groups (broad SMARTS) is 1. The molecule has 0 fully saturated rings. The molecule has 0 aliphatic heterocycles. The van der Waals surface area contributed by atoms with Crippen LogP contribution >= 0.6 is 11.3 Å². The minimum absolute atomic E-state index is 0.0863. The number of carbonyl (C=O) groups is 1. The monoisotopic (exact) mass is 234 g/mol. The van der Waals surface area contributed by atoms with Gasteiger partial charge in [0.2, 0.25) is 0 Å². The Bertz CT molecular complexity index is 344. The summed E-state index contributed by atoms with van der Waals surface area (Å²) in [6.07, 6.45) is -0.685. The SMILES string of the molecule is CC(C)(CC(F)(F)c1cccs1)C(=O)O. The highest BCUT2D eigenvalue weighted by atomic mass is 32.1. The smallest absolute Gasteiger partial charge is 0.309 e. The maximum Gasteiger partial charge on any atom is 0.309 e. The summed E-state index contributed by atoms with van der Waals surface area (Å²) in [5, 5.41) is 10.3. The molecule has 1 heterocycles. The average Bonchev–Trinajstić information content (AvgIpc) is 2.53. The van der Waals surface area contributed by atoms with Crippen LogP contribution in [0.5, 0.6) is 0 Å². The normalized spacial score (nSPS) is 12.8. The van der Waals surface area contributed by atoms with E-state index in [-0.39, 0.29) is 4.88 Å². The standard InChI is InChI=1S/C10H12F2O2S/c1-9(2,8(13)14)6-10(11,12)7-4-3-5-15-7/h3-5H,6H2,1-2H3,(H,13,14). The van der Waals surface area contributed by atoms with Crippen molar-refractivity contribution in [3.05, 3.63) is 22.4 Å². The van der Waals surface area contributed by atoms with Crippen LogP contribution in [0.1, 0.15) is 25.1 Å². The van der Waals surface area contributed by atoms with Gasteiger partial charge in [0.1, 0.15) is 0 Å². The van der Waals surface area contributed by atoms with Crippen LogP contribution in [0.3, 0.4) is 0 Å². The second-order valence-corrected chi connectivity index (χ2v) is 5.00. The molecule has 1 N–H and O–H groups in total. The molecule has 84 valence electrons. The highest BCUT2D eigenvalue weighted by molar-refractivity contribution is 7.10. The fourth-order valence-corrected chi connectivity index (χ4v) is 1.91. The fraction of sp³-hybridized carbons (Fsp3) is 0.500. The first kappa shape index (κ1) is 12.1. The van der Waals surface area contributed by atoms with Crippen molar-refractivity contribution in [2.24, 2.45) is 5.41 Å². The van der Waals surface area contributed by atoms with E-state index < -0.39 is 23.7 Å². The molecule has 0 atom stereocenters. The van der Waals surface area contributed by atoms with Gasteiger partial charge < -0.3 is 5.11 Å². The van der Waals surface area contributed by atoms with Crippen molar-refractivity contribution in [3.63, 3.8) is 0 Å². The van der Waals surface area contributed by atoms with Gasteiger partial charge in [-0.05, 0) is 25.3 Å². The number of hydrogen-bond acceptors (Lipinski definition) is 2. The van der Waals surface area contributed by atoms with E-state index in [9.17, 15) is 13.6 Å². The Balaban J connectivity index is 2.86. The van der Waals surface area contributed by atoms with E-state index in [1.807, 2.05) is 0 Å². The van der Waals surface area contributed by atoms with Crippen molar-refractivity contribution in [3.8, 4) is 0 Å². The van der Waals surface area contributed by atoms with Gasteiger partial charge in [-0.2, -0.15) is 0 Å². The highest BCUT2D eigenvalue weighted by Gasteiger charge is 2.42. The van der Waals surface area contributed by atoms with Gasteiger partial charge >= 0.3 is 5.97 Å². The molecule has 0 aliphatic carbocycles. The third-order valence-electron chi connectivity index (χ3n) is 2.12. The van der Waals surface area contributed by atoms with Crippen molar-refractivity contribution >= 4 is 17.3 Å². The summed E-state index contributed by atoms with van der Waals surface area (Å²) in [6.45, 7) is 2.60. The molecule has 0 saturated carbocycles. The number of hydrogen-bond donors (Lipinski definition) is 1. The number of alkyl halides is 2. The molecule has 1 aromatic rings. The first-order valence-electron chi connectivity index (χ1n) is 4.41. The lowest BCUT2D eigenvalue weighted by molar-refractivity contribution is -0.153. The van der Waals surface area contributed by atoms with E-state index in [1.165, 1.54) is 26.0 Å². The van der Waals surface area contributed by atoms with Gasteiger partial charge in [0.15, 0.2) is 0 Å². The van der Waals surface area contributed by atoms with Crippen LogP contribution in [-0.4, -0.2) is 11.1 Å². The van der Waals surface area contributed by atoms with Crippen LogP contribution in [-0.2, 0) is 10.7 Å². The van der Waals surface area contributed by atoms with Crippen LogP contribution in [0.2, 0.25) is 0 Å². The quantitative estimate of drug-likeness (QED) is 0.867. The van der Waals surface area contributed by atoms with Gasteiger partial charge in [-0.15, -0.1) is 11.3 Å². The predicted molar refractivity (Wildman–Crippen MR) is 54.2 cm³/mol. The van der Waals surface area contributed by atoms with Gasteiger partial charge in [-0.25, -0.2) is 8.78 Å². The minimum atomic E-state index is -3.07. The summed E-state index contributed by atoms with van der Waals surface area (Å²) in [7, 11) is 0. The number of rotatable bonds is 4. The topological polar surface area (TPSA) is 37.3 Å². The van der Waals surface area contributed by atoms with Crippen LogP contribution in [0.25, 0.3) is 0 Å². The lowest BCUT2D eigenvalue weighted by atomic mass is 9.86. The number of halogens is 2. The zero-order valence-corrected chi connectivity index (χ0v) is 9.28. The van der Waals surface area contributed by atoms with Crippen molar-refractivity contribution in [2.75, 3.05) is 0 Å². The lowest BCUT2D eigenvalue weighted by Crippen LogP contribution is -2.30. The van der Waals surface area contributed by atoms with Gasteiger partial charge in [0.25, 0.3) is 5.92 Å². The summed E-state index contributed by atoms with van der Waals surface area (Å²) in [5.74, 6) is -4.28. The molecule has 0 radical (unpaired) electrons. The molecule has 1 aromatic heterocycles. The van der Waals surface area contributed by atoms with E-state index in [0.29, 0.717) is 0 Å². The van der Waals surface area contributed by atoms with Crippen molar-refractivity contribution < 1.29 is 18.7 Å². The third kappa shape index (κ3) is 2.75. The number of carboxylic acids is 1. The highest BCUT2D eigenvalue weighted by Crippen LogP contribution is 2.41. The summed E-state index contributed by atoms with van der Waals surface area (Å²) in [4.78, 5) is 10.7. The number of thiophene rings is 1. The van der Waals surface area contributed by atoms with Crippen LogP contribution in [0.4, 0.5) is 8.78 Å².